The van der Waals surface area contributed by atoms with E-state index in [0.29, 0.717) is 13.2 Å². The highest BCUT2D eigenvalue weighted by Gasteiger charge is 2.18. The Balaban J connectivity index is 1.57. The van der Waals surface area contributed by atoms with Gasteiger partial charge >= 0.3 is 0 Å². The molecule has 1 unspecified atom stereocenters. The van der Waals surface area contributed by atoms with Crippen LogP contribution >= 0.6 is 0 Å². The molecule has 0 aliphatic rings. The average molecular weight is 358 g/mol. The molecule has 0 saturated carbocycles. The van der Waals surface area contributed by atoms with Crippen molar-refractivity contribution in [2.24, 2.45) is 0 Å². The second kappa shape index (κ2) is 7.96. The zero-order chi connectivity index (χ0) is 18.5. The van der Waals surface area contributed by atoms with Gasteiger partial charge in [-0.25, -0.2) is 4.98 Å². The van der Waals surface area contributed by atoms with E-state index in [1.807, 2.05) is 85.8 Å². The van der Waals surface area contributed by atoms with Crippen molar-refractivity contribution in [3.63, 3.8) is 0 Å². The van der Waals surface area contributed by atoms with E-state index in [1.54, 1.807) is 0 Å². The van der Waals surface area contributed by atoms with Crippen LogP contribution in [0.15, 0.2) is 84.9 Å². The highest BCUT2D eigenvalue weighted by molar-refractivity contribution is 5.76. The maximum atomic E-state index is 6.11. The lowest BCUT2D eigenvalue weighted by Crippen LogP contribution is -2.15. The number of rotatable bonds is 7. The first-order chi connectivity index (χ1) is 13.3. The first-order valence-corrected chi connectivity index (χ1v) is 9.16. The van der Waals surface area contributed by atoms with Gasteiger partial charge in [-0.3, -0.25) is 0 Å². The van der Waals surface area contributed by atoms with Crippen molar-refractivity contribution >= 4 is 11.0 Å². The topological polar surface area (TPSA) is 36.3 Å². The lowest BCUT2D eigenvalue weighted by atomic mass is 10.3. The van der Waals surface area contributed by atoms with Crippen molar-refractivity contribution in [3.8, 4) is 11.5 Å². The third-order valence-electron chi connectivity index (χ3n) is 4.43. The summed E-state index contributed by atoms with van der Waals surface area (Å²) < 4.78 is 14.2. The standard InChI is InChI=1S/C23H22N2O2/c1-18(27-20-12-6-3-7-13-20)23-24-21-14-8-9-15-22(21)25(23)16-17-26-19-10-4-2-5-11-19/h2-15,18H,16-17H2,1H3. The van der Waals surface area contributed by atoms with Gasteiger partial charge in [0, 0.05) is 0 Å². The van der Waals surface area contributed by atoms with Crippen LogP contribution in [0.3, 0.4) is 0 Å². The summed E-state index contributed by atoms with van der Waals surface area (Å²) in [5.41, 5.74) is 2.06. The van der Waals surface area contributed by atoms with Gasteiger partial charge in [0.1, 0.15) is 18.1 Å². The quantitative estimate of drug-likeness (QED) is 0.452. The number of imidazole rings is 1. The molecule has 4 nitrogen and oxygen atoms in total. The molecule has 3 aromatic carbocycles. The normalized spacial score (nSPS) is 12.0. The summed E-state index contributed by atoms with van der Waals surface area (Å²) in [4.78, 5) is 4.82. The molecule has 1 aromatic heterocycles. The summed E-state index contributed by atoms with van der Waals surface area (Å²) in [6.45, 7) is 3.30. The summed E-state index contributed by atoms with van der Waals surface area (Å²) in [6.07, 6.45) is -0.170. The molecule has 4 rings (SSSR count). The minimum Gasteiger partial charge on any atom is -0.492 e. The fourth-order valence-electron chi connectivity index (χ4n) is 3.17. The lowest BCUT2D eigenvalue weighted by Gasteiger charge is -2.17. The molecule has 0 radical (unpaired) electrons. The third kappa shape index (κ3) is 3.95. The minimum absolute atomic E-state index is 0.170. The van der Waals surface area contributed by atoms with E-state index in [4.69, 9.17) is 14.5 Å². The Morgan fingerprint density at radius 3 is 2.19 bits per heavy atom. The number of fused-ring (bicyclic) bond motifs is 1. The summed E-state index contributed by atoms with van der Waals surface area (Å²) in [5.74, 6) is 2.61. The second-order valence-corrected chi connectivity index (χ2v) is 6.35. The van der Waals surface area contributed by atoms with Gasteiger partial charge in [0.2, 0.25) is 0 Å². The van der Waals surface area contributed by atoms with Gasteiger partial charge in [0.25, 0.3) is 0 Å². The van der Waals surface area contributed by atoms with Gasteiger partial charge in [-0.05, 0) is 43.3 Å². The summed E-state index contributed by atoms with van der Waals surface area (Å²) in [6, 6.07) is 27.9. The van der Waals surface area contributed by atoms with E-state index in [2.05, 4.69) is 10.6 Å². The Morgan fingerprint density at radius 2 is 1.44 bits per heavy atom. The molecular formula is C23H22N2O2. The molecule has 27 heavy (non-hydrogen) atoms. The predicted molar refractivity (Wildman–Crippen MR) is 107 cm³/mol. The zero-order valence-corrected chi connectivity index (χ0v) is 15.3. The maximum absolute atomic E-state index is 6.11. The smallest absolute Gasteiger partial charge is 0.153 e. The number of aromatic nitrogens is 2. The molecule has 4 heteroatoms. The third-order valence-corrected chi connectivity index (χ3v) is 4.43. The molecule has 1 atom stereocenters. The number of benzene rings is 3. The fraction of sp³-hybridized carbons (Fsp3) is 0.174. The molecule has 0 amide bonds. The molecule has 0 aliphatic heterocycles. The van der Waals surface area contributed by atoms with Crippen molar-refractivity contribution in [2.75, 3.05) is 6.61 Å². The molecule has 0 saturated heterocycles. The molecule has 0 spiro atoms. The Morgan fingerprint density at radius 1 is 0.815 bits per heavy atom. The fourth-order valence-corrected chi connectivity index (χ4v) is 3.17. The highest BCUT2D eigenvalue weighted by Crippen LogP contribution is 2.25. The van der Waals surface area contributed by atoms with E-state index in [1.165, 1.54) is 0 Å². The molecule has 0 fully saturated rings. The Bertz CT molecular complexity index is 997. The molecule has 0 N–H and O–H groups in total. The van der Waals surface area contributed by atoms with Crippen LogP contribution in [0.1, 0.15) is 18.9 Å². The minimum atomic E-state index is -0.170. The summed E-state index contributed by atoms with van der Waals surface area (Å²) >= 11 is 0. The van der Waals surface area contributed by atoms with Crippen LogP contribution in [0, 0.1) is 0 Å². The van der Waals surface area contributed by atoms with Gasteiger partial charge in [-0.2, -0.15) is 0 Å². The monoisotopic (exact) mass is 358 g/mol. The van der Waals surface area contributed by atoms with Crippen LogP contribution < -0.4 is 9.47 Å². The van der Waals surface area contributed by atoms with Gasteiger partial charge in [-0.1, -0.05) is 48.5 Å². The lowest BCUT2D eigenvalue weighted by molar-refractivity contribution is 0.207. The van der Waals surface area contributed by atoms with Gasteiger partial charge in [0.05, 0.1) is 17.6 Å². The Labute approximate surface area is 159 Å². The second-order valence-electron chi connectivity index (χ2n) is 6.35. The van der Waals surface area contributed by atoms with Crippen molar-refractivity contribution < 1.29 is 9.47 Å². The van der Waals surface area contributed by atoms with Crippen LogP contribution in [-0.4, -0.2) is 16.2 Å². The summed E-state index contributed by atoms with van der Waals surface area (Å²) in [5, 5.41) is 0. The van der Waals surface area contributed by atoms with Crippen LogP contribution in [-0.2, 0) is 6.54 Å². The molecule has 0 aliphatic carbocycles. The Hall–Kier alpha value is -3.27. The van der Waals surface area contributed by atoms with Gasteiger partial charge in [0.15, 0.2) is 11.9 Å². The molecule has 136 valence electrons. The van der Waals surface area contributed by atoms with E-state index in [-0.39, 0.29) is 6.10 Å². The molecular weight excluding hydrogens is 336 g/mol. The molecule has 4 aromatic rings. The Kier molecular flexibility index (Phi) is 5.06. The zero-order valence-electron chi connectivity index (χ0n) is 15.3. The maximum Gasteiger partial charge on any atom is 0.153 e. The SMILES string of the molecule is CC(Oc1ccccc1)c1nc2ccccc2n1CCOc1ccccc1. The van der Waals surface area contributed by atoms with Crippen LogP contribution in [0.5, 0.6) is 11.5 Å². The number of hydrogen-bond acceptors (Lipinski definition) is 3. The highest BCUT2D eigenvalue weighted by atomic mass is 16.5. The van der Waals surface area contributed by atoms with Crippen LogP contribution in [0.2, 0.25) is 0 Å². The first-order valence-electron chi connectivity index (χ1n) is 9.16. The predicted octanol–water partition coefficient (Wildman–Crippen LogP) is 5.26. The van der Waals surface area contributed by atoms with Crippen LogP contribution in [0.4, 0.5) is 0 Å². The number of nitrogens with zero attached hydrogens (tertiary/aromatic N) is 2. The summed E-state index contributed by atoms with van der Waals surface area (Å²) in [7, 11) is 0. The largest absolute Gasteiger partial charge is 0.492 e. The average Bonchev–Trinajstić information content (AvgIpc) is 3.09. The number of ether oxygens (including phenoxy) is 2. The van der Waals surface area contributed by atoms with E-state index < -0.39 is 0 Å². The first kappa shape index (κ1) is 17.2. The van der Waals surface area contributed by atoms with E-state index in [9.17, 15) is 0 Å². The number of hydrogen-bond donors (Lipinski definition) is 0. The molecule has 1 heterocycles. The van der Waals surface area contributed by atoms with Crippen molar-refractivity contribution in [2.45, 2.75) is 19.6 Å². The van der Waals surface area contributed by atoms with Crippen molar-refractivity contribution in [1.82, 2.24) is 9.55 Å². The molecule has 0 bridgehead atoms. The van der Waals surface area contributed by atoms with Gasteiger partial charge < -0.3 is 14.0 Å². The number of para-hydroxylation sites is 4. The van der Waals surface area contributed by atoms with Crippen LogP contribution in [0.25, 0.3) is 11.0 Å². The van der Waals surface area contributed by atoms with Crippen molar-refractivity contribution in [1.29, 1.82) is 0 Å². The van der Waals surface area contributed by atoms with Gasteiger partial charge in [-0.15, -0.1) is 0 Å². The van der Waals surface area contributed by atoms with E-state index in [0.717, 1.165) is 28.4 Å². The van der Waals surface area contributed by atoms with E-state index >= 15 is 0 Å². The van der Waals surface area contributed by atoms with Crippen molar-refractivity contribution in [3.05, 3.63) is 90.8 Å².